The predicted octanol–water partition coefficient (Wildman–Crippen LogP) is 4.81. The maximum Gasteiger partial charge on any atom is 0.195 e. The maximum atomic E-state index is 13.8. The second-order valence-corrected chi connectivity index (χ2v) is 6.40. The van der Waals surface area contributed by atoms with Gasteiger partial charge in [-0.15, -0.1) is 0 Å². The number of ketones is 1. The average molecular weight is 350 g/mol. The van der Waals surface area contributed by atoms with E-state index in [1.807, 2.05) is 42.5 Å². The van der Waals surface area contributed by atoms with Crippen LogP contribution < -0.4 is 0 Å². The van der Waals surface area contributed by atoms with Crippen LogP contribution >= 0.6 is 0 Å². The molecule has 3 aromatic rings. The van der Waals surface area contributed by atoms with Crippen LogP contribution in [0.1, 0.15) is 27.0 Å². The van der Waals surface area contributed by atoms with Gasteiger partial charge in [0.15, 0.2) is 5.78 Å². The molecule has 0 bridgehead atoms. The molecule has 0 aliphatic heterocycles. The van der Waals surface area contributed by atoms with Crippen molar-refractivity contribution in [1.29, 1.82) is 5.26 Å². The fraction of sp³-hybridized carbons (Fsp3) is 0. The summed E-state index contributed by atoms with van der Waals surface area (Å²) in [6.45, 7) is 0. The van der Waals surface area contributed by atoms with Crippen molar-refractivity contribution >= 4 is 16.9 Å². The van der Waals surface area contributed by atoms with Gasteiger partial charge in [-0.2, -0.15) is 5.26 Å². The van der Waals surface area contributed by atoms with Crippen LogP contribution in [0.25, 0.3) is 22.4 Å². The Bertz CT molecular complexity index is 1210. The topological polar surface area (TPSA) is 53.8 Å². The van der Waals surface area contributed by atoms with Gasteiger partial charge in [0.1, 0.15) is 5.82 Å². The molecule has 2 aliphatic carbocycles. The van der Waals surface area contributed by atoms with Crippen molar-refractivity contribution in [2.24, 2.45) is 0 Å². The van der Waals surface area contributed by atoms with Crippen molar-refractivity contribution in [3.63, 3.8) is 0 Å². The molecule has 0 fully saturated rings. The summed E-state index contributed by atoms with van der Waals surface area (Å²) >= 11 is 0. The van der Waals surface area contributed by atoms with Gasteiger partial charge in [-0.05, 0) is 29.3 Å². The first-order chi connectivity index (χ1) is 13.2. The summed E-state index contributed by atoms with van der Waals surface area (Å²) in [5.41, 5.74) is 6.07. The SMILES string of the molecule is N#CC=C1/C(=C2\c3ccccc3-c3ncccc32)C(=O)c2cc(F)ccc21. The summed E-state index contributed by atoms with van der Waals surface area (Å²) in [6, 6.07) is 17.6. The fourth-order valence-electron chi connectivity index (χ4n) is 3.94. The number of hydrogen-bond donors (Lipinski definition) is 0. The van der Waals surface area contributed by atoms with E-state index < -0.39 is 5.82 Å². The van der Waals surface area contributed by atoms with Crippen LogP contribution in [0.4, 0.5) is 4.39 Å². The van der Waals surface area contributed by atoms with Gasteiger partial charge >= 0.3 is 0 Å². The number of allylic oxidation sites excluding steroid dienone is 3. The minimum absolute atomic E-state index is 0.271. The largest absolute Gasteiger partial charge is 0.289 e. The van der Waals surface area contributed by atoms with E-state index in [-0.39, 0.29) is 11.3 Å². The molecule has 0 spiro atoms. The summed E-state index contributed by atoms with van der Waals surface area (Å²) < 4.78 is 13.8. The third kappa shape index (κ3) is 2.06. The molecule has 0 N–H and O–H groups in total. The molecular formula is C23H11FN2O. The van der Waals surface area contributed by atoms with Crippen LogP contribution in [0, 0.1) is 17.1 Å². The molecule has 0 unspecified atom stereocenters. The van der Waals surface area contributed by atoms with E-state index in [0.717, 1.165) is 28.0 Å². The number of hydrogen-bond acceptors (Lipinski definition) is 3. The second kappa shape index (κ2) is 5.58. The molecule has 0 saturated carbocycles. The Labute approximate surface area is 154 Å². The monoisotopic (exact) mass is 350 g/mol. The summed E-state index contributed by atoms with van der Waals surface area (Å²) in [4.78, 5) is 17.7. The first kappa shape index (κ1) is 15.4. The first-order valence-electron chi connectivity index (χ1n) is 8.45. The molecule has 4 heteroatoms. The Morgan fingerprint density at radius 3 is 2.48 bits per heavy atom. The fourth-order valence-corrected chi connectivity index (χ4v) is 3.94. The molecule has 2 aliphatic rings. The Morgan fingerprint density at radius 2 is 1.67 bits per heavy atom. The summed E-state index contributed by atoms with van der Waals surface area (Å²) in [7, 11) is 0. The second-order valence-electron chi connectivity index (χ2n) is 6.40. The van der Waals surface area contributed by atoms with Crippen LogP contribution in [-0.2, 0) is 0 Å². The summed E-state index contributed by atoms with van der Waals surface area (Å²) in [5, 5.41) is 9.30. The number of nitriles is 1. The molecule has 2 aromatic carbocycles. The quantitative estimate of drug-likeness (QED) is 0.338. The number of rotatable bonds is 0. The maximum absolute atomic E-state index is 13.8. The molecule has 0 atom stereocenters. The third-order valence-corrected chi connectivity index (χ3v) is 5.00. The van der Waals surface area contributed by atoms with Gasteiger partial charge in [0.25, 0.3) is 0 Å². The lowest BCUT2D eigenvalue weighted by atomic mass is 9.93. The van der Waals surface area contributed by atoms with E-state index >= 15 is 0 Å². The molecule has 27 heavy (non-hydrogen) atoms. The zero-order chi connectivity index (χ0) is 18.5. The normalized spacial score (nSPS) is 18.2. The highest BCUT2D eigenvalue weighted by atomic mass is 19.1. The van der Waals surface area contributed by atoms with Gasteiger partial charge in [0.05, 0.1) is 11.8 Å². The van der Waals surface area contributed by atoms with Crippen molar-refractivity contribution in [3.8, 4) is 17.3 Å². The number of Topliss-reactive ketones (excluding diaryl/α,β-unsaturated/α-hetero) is 1. The van der Waals surface area contributed by atoms with Gasteiger partial charge in [-0.1, -0.05) is 36.4 Å². The van der Waals surface area contributed by atoms with E-state index in [4.69, 9.17) is 0 Å². The van der Waals surface area contributed by atoms with E-state index in [1.54, 1.807) is 12.3 Å². The number of nitrogens with zero attached hydrogens (tertiary/aromatic N) is 2. The highest BCUT2D eigenvalue weighted by molar-refractivity contribution is 6.32. The number of pyridine rings is 1. The van der Waals surface area contributed by atoms with Crippen molar-refractivity contribution in [3.05, 3.63) is 101 Å². The molecule has 0 saturated heterocycles. The summed E-state index contributed by atoms with van der Waals surface area (Å²) in [5.74, 6) is -0.744. The molecule has 5 rings (SSSR count). The predicted molar refractivity (Wildman–Crippen MR) is 100 cm³/mol. The van der Waals surface area contributed by atoms with E-state index in [0.29, 0.717) is 16.7 Å². The van der Waals surface area contributed by atoms with Crippen LogP contribution in [0.2, 0.25) is 0 Å². The zero-order valence-corrected chi connectivity index (χ0v) is 14.0. The van der Waals surface area contributed by atoms with E-state index in [1.165, 1.54) is 18.2 Å². The van der Waals surface area contributed by atoms with Gasteiger partial charge in [-0.25, -0.2) is 4.39 Å². The highest BCUT2D eigenvalue weighted by Crippen LogP contribution is 2.49. The number of aromatic nitrogens is 1. The van der Waals surface area contributed by atoms with Crippen LogP contribution in [0.5, 0.6) is 0 Å². The number of halogens is 1. The van der Waals surface area contributed by atoms with Crippen molar-refractivity contribution < 1.29 is 9.18 Å². The molecule has 126 valence electrons. The van der Waals surface area contributed by atoms with Crippen LogP contribution in [0.15, 0.2) is 72.4 Å². The van der Waals surface area contributed by atoms with Crippen molar-refractivity contribution in [2.75, 3.05) is 0 Å². The van der Waals surface area contributed by atoms with E-state index in [9.17, 15) is 14.4 Å². The molecule has 1 heterocycles. The molecule has 3 nitrogen and oxygen atoms in total. The molecule has 0 amide bonds. The van der Waals surface area contributed by atoms with Crippen molar-refractivity contribution in [2.45, 2.75) is 0 Å². The van der Waals surface area contributed by atoms with E-state index in [2.05, 4.69) is 4.98 Å². The smallest absolute Gasteiger partial charge is 0.195 e. The third-order valence-electron chi connectivity index (χ3n) is 5.00. The van der Waals surface area contributed by atoms with Gasteiger partial charge in [0.2, 0.25) is 0 Å². The van der Waals surface area contributed by atoms with Crippen LogP contribution in [0.3, 0.4) is 0 Å². The standard InChI is InChI=1S/C23H11FN2O/c24-13-7-8-14-16(9-10-25)21(23(27)19(14)12-13)20-15-4-1-2-5-17(15)22-18(20)6-3-11-26-22/h1-9,11-12H/b16-9?,21-20-. The van der Waals surface area contributed by atoms with Gasteiger partial charge in [-0.3, -0.25) is 9.78 Å². The molecular weight excluding hydrogens is 339 g/mol. The van der Waals surface area contributed by atoms with Crippen molar-refractivity contribution in [1.82, 2.24) is 4.98 Å². The Hall–Kier alpha value is -3.84. The highest BCUT2D eigenvalue weighted by Gasteiger charge is 2.37. The first-order valence-corrected chi connectivity index (χ1v) is 8.45. The lowest BCUT2D eigenvalue weighted by Gasteiger charge is -2.08. The lowest BCUT2D eigenvalue weighted by molar-refractivity contribution is 0.104. The average Bonchev–Trinajstić information content (AvgIpc) is 3.15. The number of carbonyl (C=O) groups excluding carboxylic acids is 1. The zero-order valence-electron chi connectivity index (χ0n) is 14.0. The number of fused-ring (bicyclic) bond motifs is 4. The Kier molecular flexibility index (Phi) is 3.19. The number of carbonyl (C=O) groups is 1. The van der Waals surface area contributed by atoms with Gasteiger partial charge in [0, 0.05) is 45.7 Å². The minimum atomic E-state index is -0.474. The lowest BCUT2D eigenvalue weighted by Crippen LogP contribution is -2.00. The van der Waals surface area contributed by atoms with Gasteiger partial charge < -0.3 is 0 Å². The van der Waals surface area contributed by atoms with Crippen LogP contribution in [-0.4, -0.2) is 10.8 Å². The number of benzene rings is 2. The Balaban J connectivity index is 1.91. The Morgan fingerprint density at radius 1 is 0.889 bits per heavy atom. The molecule has 1 aromatic heterocycles. The molecule has 0 radical (unpaired) electrons. The minimum Gasteiger partial charge on any atom is -0.289 e. The summed E-state index contributed by atoms with van der Waals surface area (Å²) in [6.07, 6.45) is 3.08.